The summed E-state index contributed by atoms with van der Waals surface area (Å²) in [6, 6.07) is 6.85. The molecule has 0 amide bonds. The van der Waals surface area contributed by atoms with Gasteiger partial charge in [0.1, 0.15) is 0 Å². The zero-order valence-corrected chi connectivity index (χ0v) is 8.81. The van der Waals surface area contributed by atoms with Crippen molar-refractivity contribution in [3.05, 3.63) is 24.3 Å². The second-order valence-corrected chi connectivity index (χ2v) is 2.20. The molecule has 1 aromatic carbocycles. The van der Waals surface area contributed by atoms with Crippen LogP contribution < -0.4 is 16.9 Å². The molecule has 0 aliphatic carbocycles. The number of rotatable bonds is 1. The minimum Gasteiger partial charge on any atom is -0.399 e. The first-order valence-electron chi connectivity index (χ1n) is 3.32. The van der Waals surface area contributed by atoms with Crippen molar-refractivity contribution in [1.82, 2.24) is 5.48 Å². The van der Waals surface area contributed by atoms with Crippen LogP contribution in [0.25, 0.3) is 0 Å². The fourth-order valence-corrected chi connectivity index (χ4v) is 0.758. The fourth-order valence-electron chi connectivity index (χ4n) is 0.758. The van der Waals surface area contributed by atoms with E-state index in [1.54, 1.807) is 29.7 Å². The van der Waals surface area contributed by atoms with Crippen LogP contribution in [0, 0.1) is 0 Å². The van der Waals surface area contributed by atoms with E-state index < -0.39 is 0 Å². The van der Waals surface area contributed by atoms with Gasteiger partial charge in [-0.1, -0.05) is 6.07 Å². The van der Waals surface area contributed by atoms with Gasteiger partial charge in [0.2, 0.25) is 5.96 Å². The van der Waals surface area contributed by atoms with E-state index in [1.165, 1.54) is 0 Å². The lowest BCUT2D eigenvalue weighted by molar-refractivity contribution is 0.233. The highest BCUT2D eigenvalue weighted by molar-refractivity contribution is 5.85. The van der Waals surface area contributed by atoms with Gasteiger partial charge in [0.25, 0.3) is 0 Å². The summed E-state index contributed by atoms with van der Waals surface area (Å²) in [6.07, 6.45) is 0. The van der Waals surface area contributed by atoms with Crippen molar-refractivity contribution in [2.24, 2.45) is 10.7 Å². The zero-order valence-electron chi connectivity index (χ0n) is 7.18. The molecule has 14 heavy (non-hydrogen) atoms. The zero-order chi connectivity index (χ0) is 8.97. The second kappa shape index (κ2) is 7.25. The number of halogens is 2. The molecule has 0 saturated carbocycles. The molecule has 0 aliphatic rings. The number of benzene rings is 1. The maximum Gasteiger partial charge on any atom is 0.218 e. The SMILES string of the molecule is Cl.Cl.NC(=Nc1cccc(N)c1)NO. The third kappa shape index (κ3) is 4.76. The van der Waals surface area contributed by atoms with Gasteiger partial charge in [-0.25, -0.2) is 10.5 Å². The molecule has 1 aromatic rings. The lowest BCUT2D eigenvalue weighted by Crippen LogP contribution is -2.27. The van der Waals surface area contributed by atoms with Gasteiger partial charge < -0.3 is 11.5 Å². The topological polar surface area (TPSA) is 96.7 Å². The first-order valence-corrected chi connectivity index (χ1v) is 3.32. The molecule has 7 heteroatoms. The molecule has 6 N–H and O–H groups in total. The number of hydrogen-bond donors (Lipinski definition) is 4. The van der Waals surface area contributed by atoms with Crippen LogP contribution in [0.4, 0.5) is 11.4 Å². The third-order valence-electron chi connectivity index (χ3n) is 1.23. The number of nitrogens with two attached hydrogens (primary N) is 2. The Hall–Kier alpha value is -1.17. The van der Waals surface area contributed by atoms with Crippen molar-refractivity contribution in [2.45, 2.75) is 0 Å². The van der Waals surface area contributed by atoms with Crippen molar-refractivity contribution in [3.8, 4) is 0 Å². The first-order chi connectivity index (χ1) is 5.72. The molecule has 0 bridgehead atoms. The molecule has 80 valence electrons. The summed E-state index contributed by atoms with van der Waals surface area (Å²) in [5.74, 6) is -0.0689. The van der Waals surface area contributed by atoms with E-state index >= 15 is 0 Å². The fraction of sp³-hybridized carbons (Fsp3) is 0. The van der Waals surface area contributed by atoms with Crippen molar-refractivity contribution in [3.63, 3.8) is 0 Å². The predicted molar refractivity (Wildman–Crippen MR) is 61.6 cm³/mol. The second-order valence-electron chi connectivity index (χ2n) is 2.20. The van der Waals surface area contributed by atoms with Crippen molar-refractivity contribution in [2.75, 3.05) is 5.73 Å². The maximum atomic E-state index is 8.33. The molecular weight excluding hydrogens is 227 g/mol. The smallest absolute Gasteiger partial charge is 0.218 e. The van der Waals surface area contributed by atoms with E-state index in [2.05, 4.69) is 4.99 Å². The Morgan fingerprint density at radius 1 is 1.36 bits per heavy atom. The number of nitrogens with zero attached hydrogens (tertiary/aromatic N) is 1. The Labute approximate surface area is 94.0 Å². The quantitative estimate of drug-likeness (QED) is 0.255. The molecule has 0 atom stereocenters. The number of anilines is 1. The minimum atomic E-state index is -0.0689. The standard InChI is InChI=1S/C7H10N4O.2ClH/c8-5-2-1-3-6(4-5)10-7(9)11-12;;/h1-4,12H,8H2,(H3,9,10,11);2*1H. The third-order valence-corrected chi connectivity index (χ3v) is 1.23. The van der Waals surface area contributed by atoms with Gasteiger partial charge in [-0.2, -0.15) is 0 Å². The summed E-state index contributed by atoms with van der Waals surface area (Å²) < 4.78 is 0. The Balaban J connectivity index is 0. The summed E-state index contributed by atoms with van der Waals surface area (Å²) in [5.41, 5.74) is 13.6. The maximum absolute atomic E-state index is 8.33. The van der Waals surface area contributed by atoms with Gasteiger partial charge in [-0.05, 0) is 18.2 Å². The van der Waals surface area contributed by atoms with Crippen LogP contribution in [0.1, 0.15) is 0 Å². The molecular formula is C7H12Cl2N4O. The van der Waals surface area contributed by atoms with E-state index in [0.29, 0.717) is 11.4 Å². The summed E-state index contributed by atoms with van der Waals surface area (Å²) in [4.78, 5) is 3.79. The monoisotopic (exact) mass is 238 g/mol. The highest BCUT2D eigenvalue weighted by atomic mass is 35.5. The lowest BCUT2D eigenvalue weighted by atomic mass is 10.3. The Morgan fingerprint density at radius 3 is 2.50 bits per heavy atom. The van der Waals surface area contributed by atoms with Crippen molar-refractivity contribution < 1.29 is 5.21 Å². The van der Waals surface area contributed by atoms with Gasteiger partial charge >= 0.3 is 0 Å². The lowest BCUT2D eigenvalue weighted by Gasteiger charge is -1.98. The van der Waals surface area contributed by atoms with Gasteiger partial charge in [0.05, 0.1) is 5.69 Å². The molecule has 0 aliphatic heterocycles. The van der Waals surface area contributed by atoms with Gasteiger partial charge in [-0.3, -0.25) is 5.21 Å². The van der Waals surface area contributed by atoms with Crippen LogP contribution in [0.2, 0.25) is 0 Å². The van der Waals surface area contributed by atoms with Gasteiger partial charge in [-0.15, -0.1) is 24.8 Å². The van der Waals surface area contributed by atoms with E-state index in [-0.39, 0.29) is 30.8 Å². The van der Waals surface area contributed by atoms with E-state index in [1.807, 2.05) is 0 Å². The molecule has 0 fully saturated rings. The molecule has 0 unspecified atom stereocenters. The van der Waals surface area contributed by atoms with Crippen LogP contribution in [-0.4, -0.2) is 11.2 Å². The Morgan fingerprint density at radius 2 is 2.00 bits per heavy atom. The summed E-state index contributed by atoms with van der Waals surface area (Å²) >= 11 is 0. The number of nitrogen functional groups attached to an aromatic ring is 1. The first kappa shape index (κ1) is 15.3. The Kier molecular flexibility index (Phi) is 7.93. The normalized spacial score (nSPS) is 9.64. The average molecular weight is 239 g/mol. The largest absolute Gasteiger partial charge is 0.399 e. The molecule has 0 spiro atoms. The average Bonchev–Trinajstić information content (AvgIpc) is 2.04. The number of hydroxylamine groups is 1. The summed E-state index contributed by atoms with van der Waals surface area (Å²) in [5, 5.41) is 8.33. The van der Waals surface area contributed by atoms with E-state index in [0.717, 1.165) is 0 Å². The van der Waals surface area contributed by atoms with Crippen LogP contribution in [-0.2, 0) is 0 Å². The number of nitrogens with one attached hydrogen (secondary N) is 1. The van der Waals surface area contributed by atoms with Crippen LogP contribution in [0.3, 0.4) is 0 Å². The highest BCUT2D eigenvalue weighted by Crippen LogP contribution is 2.14. The number of guanidine groups is 1. The number of aliphatic imine (C=N–C) groups is 1. The predicted octanol–water partition coefficient (Wildman–Crippen LogP) is 1.04. The Bertz CT molecular complexity index is 305. The van der Waals surface area contributed by atoms with Crippen molar-refractivity contribution >= 4 is 42.1 Å². The molecule has 0 radical (unpaired) electrons. The molecule has 0 aromatic heterocycles. The van der Waals surface area contributed by atoms with Crippen LogP contribution in [0.5, 0.6) is 0 Å². The van der Waals surface area contributed by atoms with Crippen molar-refractivity contribution in [1.29, 1.82) is 0 Å². The molecule has 0 saturated heterocycles. The van der Waals surface area contributed by atoms with Gasteiger partial charge in [0, 0.05) is 5.69 Å². The molecule has 1 rings (SSSR count). The van der Waals surface area contributed by atoms with Crippen LogP contribution >= 0.6 is 24.8 Å². The highest BCUT2D eigenvalue weighted by Gasteiger charge is 1.91. The van der Waals surface area contributed by atoms with Gasteiger partial charge in [0.15, 0.2) is 0 Å². The van der Waals surface area contributed by atoms with E-state index in [9.17, 15) is 0 Å². The number of hydrogen-bond acceptors (Lipinski definition) is 3. The molecule has 5 nitrogen and oxygen atoms in total. The summed E-state index contributed by atoms with van der Waals surface area (Å²) in [6.45, 7) is 0. The minimum absolute atomic E-state index is 0. The van der Waals surface area contributed by atoms with E-state index in [4.69, 9.17) is 16.7 Å². The van der Waals surface area contributed by atoms with Crippen LogP contribution in [0.15, 0.2) is 29.3 Å². The summed E-state index contributed by atoms with van der Waals surface area (Å²) in [7, 11) is 0. The molecule has 0 heterocycles.